The zero-order chi connectivity index (χ0) is 16.2. The maximum absolute atomic E-state index is 11.7. The molecule has 4 bridgehead atoms. The SMILES string of the molecule is C=C(C)C(=O)OCC12CC3CC(C1)CC(OS(C)(=O)=O)(C3)C2. The molecule has 2 unspecified atom stereocenters. The summed E-state index contributed by atoms with van der Waals surface area (Å²) in [6.07, 6.45) is 6.57. The zero-order valence-corrected chi connectivity index (χ0v) is 14.1. The van der Waals surface area contributed by atoms with E-state index in [1.807, 2.05) is 0 Å². The van der Waals surface area contributed by atoms with Gasteiger partial charge in [0.25, 0.3) is 10.1 Å². The molecule has 0 aliphatic heterocycles. The summed E-state index contributed by atoms with van der Waals surface area (Å²) in [7, 11) is -3.48. The van der Waals surface area contributed by atoms with Gasteiger partial charge in [0.15, 0.2) is 0 Å². The normalized spacial score (nSPS) is 39.7. The third-order valence-electron chi connectivity index (χ3n) is 5.31. The van der Waals surface area contributed by atoms with Gasteiger partial charge in [-0.05, 0) is 57.3 Å². The molecule has 0 N–H and O–H groups in total. The van der Waals surface area contributed by atoms with Gasteiger partial charge >= 0.3 is 5.97 Å². The second-order valence-electron chi connectivity index (χ2n) is 7.79. The molecule has 0 aromatic carbocycles. The molecule has 0 saturated heterocycles. The Hall–Kier alpha value is -0.880. The Morgan fingerprint density at radius 1 is 1.23 bits per heavy atom. The predicted molar refractivity (Wildman–Crippen MR) is 81.5 cm³/mol. The first kappa shape index (κ1) is 16.0. The molecule has 6 heteroatoms. The van der Waals surface area contributed by atoms with Crippen LogP contribution in [-0.4, -0.2) is 32.9 Å². The van der Waals surface area contributed by atoms with Crippen LogP contribution in [0.5, 0.6) is 0 Å². The molecule has 0 radical (unpaired) electrons. The van der Waals surface area contributed by atoms with E-state index in [0.29, 0.717) is 30.4 Å². The van der Waals surface area contributed by atoms with E-state index in [1.54, 1.807) is 6.92 Å². The molecule has 0 heterocycles. The Labute approximate surface area is 132 Å². The lowest BCUT2D eigenvalue weighted by atomic mass is 9.48. The molecule has 4 aliphatic carbocycles. The molecule has 0 aromatic heterocycles. The van der Waals surface area contributed by atoms with Gasteiger partial charge in [-0.3, -0.25) is 4.18 Å². The van der Waals surface area contributed by atoms with Crippen LogP contribution in [-0.2, 0) is 23.8 Å². The fourth-order valence-corrected chi connectivity index (χ4v) is 6.13. The lowest BCUT2D eigenvalue weighted by Gasteiger charge is -2.60. The highest BCUT2D eigenvalue weighted by Gasteiger charge is 2.59. The van der Waals surface area contributed by atoms with Crippen LogP contribution < -0.4 is 0 Å². The summed E-state index contributed by atoms with van der Waals surface area (Å²) in [5, 5.41) is 0. The van der Waals surface area contributed by atoms with Crippen molar-refractivity contribution in [3.63, 3.8) is 0 Å². The molecule has 2 atom stereocenters. The van der Waals surface area contributed by atoms with Gasteiger partial charge in [0, 0.05) is 11.0 Å². The first-order valence-electron chi connectivity index (χ1n) is 7.84. The van der Waals surface area contributed by atoms with Crippen molar-refractivity contribution >= 4 is 16.1 Å². The standard InChI is InChI=1S/C16H24O5S/c1-11(2)14(17)20-10-15-5-12-4-13(6-15)8-16(7-12,9-15)21-22(3,18)19/h12-13H,1,4-10H2,2-3H3. The van der Waals surface area contributed by atoms with E-state index in [-0.39, 0.29) is 11.4 Å². The number of carbonyl (C=O) groups is 1. The Kier molecular flexibility index (Phi) is 3.68. The van der Waals surface area contributed by atoms with E-state index in [4.69, 9.17) is 8.92 Å². The van der Waals surface area contributed by atoms with Crippen LogP contribution in [0, 0.1) is 17.3 Å². The summed E-state index contributed by atoms with van der Waals surface area (Å²) in [6.45, 7) is 5.59. The Balaban J connectivity index is 1.79. The molecular formula is C16H24O5S. The van der Waals surface area contributed by atoms with Gasteiger partial charge in [-0.15, -0.1) is 0 Å². The molecule has 0 aromatic rings. The number of esters is 1. The Morgan fingerprint density at radius 2 is 1.82 bits per heavy atom. The van der Waals surface area contributed by atoms with Crippen molar-refractivity contribution in [3.8, 4) is 0 Å². The molecule has 4 saturated carbocycles. The monoisotopic (exact) mass is 328 g/mol. The average molecular weight is 328 g/mol. The van der Waals surface area contributed by atoms with Crippen LogP contribution in [0.4, 0.5) is 0 Å². The van der Waals surface area contributed by atoms with E-state index in [0.717, 1.165) is 38.4 Å². The Bertz CT molecular complexity index is 592. The van der Waals surface area contributed by atoms with Crippen molar-refractivity contribution in [2.24, 2.45) is 17.3 Å². The first-order valence-corrected chi connectivity index (χ1v) is 9.65. The van der Waals surface area contributed by atoms with Crippen molar-refractivity contribution in [2.75, 3.05) is 12.9 Å². The van der Waals surface area contributed by atoms with Crippen LogP contribution >= 0.6 is 0 Å². The van der Waals surface area contributed by atoms with Crippen LogP contribution in [0.15, 0.2) is 12.2 Å². The minimum Gasteiger partial charge on any atom is -0.462 e. The third kappa shape index (κ3) is 3.08. The minimum atomic E-state index is -3.48. The average Bonchev–Trinajstić information content (AvgIpc) is 2.31. The number of rotatable bonds is 5. The van der Waals surface area contributed by atoms with Crippen LogP contribution in [0.3, 0.4) is 0 Å². The summed E-state index contributed by atoms with van der Waals surface area (Å²) in [4.78, 5) is 11.7. The van der Waals surface area contributed by atoms with E-state index in [1.165, 1.54) is 0 Å². The number of ether oxygens (including phenoxy) is 1. The van der Waals surface area contributed by atoms with Gasteiger partial charge in [-0.25, -0.2) is 4.79 Å². The highest BCUT2D eigenvalue weighted by Crippen LogP contribution is 2.63. The number of hydrogen-bond acceptors (Lipinski definition) is 5. The predicted octanol–water partition coefficient (Wildman–Crippen LogP) is 2.42. The summed E-state index contributed by atoms with van der Waals surface area (Å²) in [5.74, 6) is 0.590. The molecule has 4 rings (SSSR count). The van der Waals surface area contributed by atoms with E-state index in [9.17, 15) is 13.2 Å². The quantitative estimate of drug-likeness (QED) is 0.440. The fourth-order valence-electron chi connectivity index (χ4n) is 5.29. The second kappa shape index (κ2) is 5.06. The number of hydrogen-bond donors (Lipinski definition) is 0. The van der Waals surface area contributed by atoms with Crippen LogP contribution in [0.25, 0.3) is 0 Å². The maximum Gasteiger partial charge on any atom is 0.333 e. The minimum absolute atomic E-state index is 0.125. The molecule has 124 valence electrons. The summed E-state index contributed by atoms with van der Waals surface area (Å²) in [6, 6.07) is 0. The second-order valence-corrected chi connectivity index (χ2v) is 9.36. The number of carbonyl (C=O) groups excluding carboxylic acids is 1. The zero-order valence-electron chi connectivity index (χ0n) is 13.3. The molecule has 22 heavy (non-hydrogen) atoms. The highest BCUT2D eigenvalue weighted by molar-refractivity contribution is 7.86. The molecule has 0 spiro atoms. The van der Waals surface area contributed by atoms with Gasteiger partial charge < -0.3 is 4.74 Å². The summed E-state index contributed by atoms with van der Waals surface area (Å²) < 4.78 is 34.3. The molecule has 5 nitrogen and oxygen atoms in total. The molecule has 4 fully saturated rings. The smallest absolute Gasteiger partial charge is 0.333 e. The lowest BCUT2D eigenvalue weighted by Crippen LogP contribution is -2.58. The largest absolute Gasteiger partial charge is 0.462 e. The maximum atomic E-state index is 11.7. The fraction of sp³-hybridized carbons (Fsp3) is 0.812. The summed E-state index contributed by atoms with van der Waals surface area (Å²) in [5.41, 5.74) is -0.306. The van der Waals surface area contributed by atoms with Crippen molar-refractivity contribution < 1.29 is 22.1 Å². The summed E-state index contributed by atoms with van der Waals surface area (Å²) >= 11 is 0. The molecular weight excluding hydrogens is 304 g/mol. The van der Waals surface area contributed by atoms with Gasteiger partial charge in [-0.1, -0.05) is 6.58 Å². The van der Waals surface area contributed by atoms with Crippen molar-refractivity contribution in [1.29, 1.82) is 0 Å². The topological polar surface area (TPSA) is 69.7 Å². The third-order valence-corrected chi connectivity index (χ3v) is 5.97. The first-order chi connectivity index (χ1) is 10.1. The van der Waals surface area contributed by atoms with E-state index < -0.39 is 15.7 Å². The lowest BCUT2D eigenvalue weighted by molar-refractivity contribution is -0.175. The van der Waals surface area contributed by atoms with E-state index >= 15 is 0 Å². The molecule has 4 aliphatic rings. The van der Waals surface area contributed by atoms with Gasteiger partial charge in [0.05, 0.1) is 18.5 Å². The van der Waals surface area contributed by atoms with Crippen molar-refractivity contribution in [3.05, 3.63) is 12.2 Å². The van der Waals surface area contributed by atoms with Gasteiger partial charge in [-0.2, -0.15) is 8.42 Å². The Morgan fingerprint density at radius 3 is 2.32 bits per heavy atom. The van der Waals surface area contributed by atoms with Gasteiger partial charge in [0.2, 0.25) is 0 Å². The highest BCUT2D eigenvalue weighted by atomic mass is 32.2. The van der Waals surface area contributed by atoms with Crippen LogP contribution in [0.1, 0.15) is 45.4 Å². The van der Waals surface area contributed by atoms with Gasteiger partial charge in [0.1, 0.15) is 0 Å². The van der Waals surface area contributed by atoms with E-state index in [2.05, 4.69) is 6.58 Å². The van der Waals surface area contributed by atoms with Crippen molar-refractivity contribution in [1.82, 2.24) is 0 Å². The molecule has 0 amide bonds. The van der Waals surface area contributed by atoms with Crippen molar-refractivity contribution in [2.45, 2.75) is 51.0 Å². The van der Waals surface area contributed by atoms with Crippen LogP contribution in [0.2, 0.25) is 0 Å².